The minimum Gasteiger partial charge on any atom is -0.267 e. The molecule has 7 nitrogen and oxygen atoms in total. The summed E-state index contributed by atoms with van der Waals surface area (Å²) in [7, 11) is -3.38. The molecule has 2 aromatic rings. The lowest BCUT2D eigenvalue weighted by molar-refractivity contribution is 0.0849. The number of hydrogen-bond acceptors (Lipinski definition) is 5. The SMILES string of the molecule is CCc1sc(C(=O)NNC(=O)c2ccc3c(c2)C[C@@H](C)N3S(C)(=O)=O)cc1C. The fourth-order valence-corrected chi connectivity index (χ4v) is 5.75. The van der Waals surface area contributed by atoms with Crippen LogP contribution >= 0.6 is 11.3 Å². The molecule has 0 fully saturated rings. The monoisotopic (exact) mass is 421 g/mol. The molecule has 150 valence electrons. The van der Waals surface area contributed by atoms with Crippen LogP contribution in [-0.2, 0) is 22.9 Å². The van der Waals surface area contributed by atoms with Crippen LogP contribution in [0.3, 0.4) is 0 Å². The number of nitrogens with one attached hydrogen (secondary N) is 2. The van der Waals surface area contributed by atoms with Gasteiger partial charge in [-0.25, -0.2) is 8.42 Å². The highest BCUT2D eigenvalue weighted by Gasteiger charge is 2.32. The van der Waals surface area contributed by atoms with Crippen molar-refractivity contribution in [3.63, 3.8) is 0 Å². The number of fused-ring (bicyclic) bond motifs is 1. The third kappa shape index (κ3) is 3.90. The molecule has 0 saturated carbocycles. The van der Waals surface area contributed by atoms with Crippen molar-refractivity contribution in [3.8, 4) is 0 Å². The van der Waals surface area contributed by atoms with E-state index in [2.05, 4.69) is 10.9 Å². The molecule has 1 aliphatic heterocycles. The van der Waals surface area contributed by atoms with Crippen LogP contribution in [0, 0.1) is 6.92 Å². The Morgan fingerprint density at radius 3 is 2.50 bits per heavy atom. The minimum atomic E-state index is -3.38. The average Bonchev–Trinajstić information content (AvgIpc) is 3.16. The fraction of sp³-hybridized carbons (Fsp3) is 0.368. The van der Waals surface area contributed by atoms with Crippen LogP contribution in [0.5, 0.6) is 0 Å². The van der Waals surface area contributed by atoms with E-state index >= 15 is 0 Å². The summed E-state index contributed by atoms with van der Waals surface area (Å²) in [5, 5.41) is 0. The average molecular weight is 422 g/mol. The van der Waals surface area contributed by atoms with Crippen LogP contribution in [0.2, 0.25) is 0 Å². The van der Waals surface area contributed by atoms with Crippen LogP contribution in [0.1, 0.15) is 49.9 Å². The number of hydrazine groups is 1. The molecular formula is C19H23N3O4S2. The summed E-state index contributed by atoms with van der Waals surface area (Å²) >= 11 is 1.41. The third-order valence-corrected chi connectivity index (χ3v) is 7.36. The second-order valence-corrected chi connectivity index (χ2v) is 9.93. The molecule has 1 aromatic carbocycles. The molecule has 1 atom stereocenters. The molecule has 0 radical (unpaired) electrons. The van der Waals surface area contributed by atoms with Gasteiger partial charge in [-0.3, -0.25) is 24.7 Å². The van der Waals surface area contributed by atoms with Gasteiger partial charge in [0.05, 0.1) is 16.8 Å². The first kappa shape index (κ1) is 20.3. The number of hydrogen-bond donors (Lipinski definition) is 2. The molecule has 0 unspecified atom stereocenters. The number of carbonyl (C=O) groups excluding carboxylic acids is 2. The van der Waals surface area contributed by atoms with Crippen LogP contribution < -0.4 is 15.2 Å². The zero-order valence-corrected chi connectivity index (χ0v) is 17.8. The summed E-state index contributed by atoms with van der Waals surface area (Å²) in [4.78, 5) is 26.4. The first-order chi connectivity index (χ1) is 13.1. The van der Waals surface area contributed by atoms with E-state index in [1.54, 1.807) is 18.2 Å². The van der Waals surface area contributed by atoms with Gasteiger partial charge in [0, 0.05) is 16.5 Å². The highest BCUT2D eigenvalue weighted by atomic mass is 32.2. The van der Waals surface area contributed by atoms with Gasteiger partial charge < -0.3 is 0 Å². The summed E-state index contributed by atoms with van der Waals surface area (Å²) < 4.78 is 25.3. The Bertz CT molecular complexity index is 1040. The largest absolute Gasteiger partial charge is 0.279 e. The highest BCUT2D eigenvalue weighted by Crippen LogP contribution is 2.34. The molecule has 1 aliphatic rings. The lowest BCUT2D eigenvalue weighted by atomic mass is 10.1. The van der Waals surface area contributed by atoms with Gasteiger partial charge in [0.2, 0.25) is 10.0 Å². The normalized spacial score (nSPS) is 16.0. The van der Waals surface area contributed by atoms with E-state index in [1.807, 2.05) is 26.8 Å². The molecule has 2 N–H and O–H groups in total. The molecule has 0 bridgehead atoms. The molecule has 0 saturated heterocycles. The van der Waals surface area contributed by atoms with Crippen molar-refractivity contribution >= 4 is 38.9 Å². The van der Waals surface area contributed by atoms with Crippen molar-refractivity contribution in [2.24, 2.45) is 0 Å². The predicted octanol–water partition coefficient (Wildman–Crippen LogP) is 2.40. The topological polar surface area (TPSA) is 95.6 Å². The highest BCUT2D eigenvalue weighted by molar-refractivity contribution is 7.92. The van der Waals surface area contributed by atoms with E-state index < -0.39 is 15.9 Å². The number of anilines is 1. The Balaban J connectivity index is 1.70. The maximum Gasteiger partial charge on any atom is 0.279 e. The number of rotatable bonds is 4. The molecule has 1 aromatic heterocycles. The van der Waals surface area contributed by atoms with E-state index in [-0.39, 0.29) is 11.9 Å². The minimum absolute atomic E-state index is 0.196. The van der Waals surface area contributed by atoms with Crippen molar-refractivity contribution in [2.75, 3.05) is 10.6 Å². The lowest BCUT2D eigenvalue weighted by Gasteiger charge is -2.21. The molecule has 0 aliphatic carbocycles. The molecule has 28 heavy (non-hydrogen) atoms. The number of benzene rings is 1. The van der Waals surface area contributed by atoms with Gasteiger partial charge in [-0.15, -0.1) is 11.3 Å². The second kappa shape index (κ2) is 7.56. The Hall–Kier alpha value is -2.39. The maximum atomic E-state index is 12.4. The molecule has 2 amide bonds. The predicted molar refractivity (Wildman–Crippen MR) is 110 cm³/mol. The summed E-state index contributed by atoms with van der Waals surface area (Å²) in [5.74, 6) is -0.815. The quantitative estimate of drug-likeness (QED) is 0.741. The van der Waals surface area contributed by atoms with Gasteiger partial charge in [0.1, 0.15) is 0 Å². The number of amides is 2. The number of carbonyl (C=O) groups is 2. The van der Waals surface area contributed by atoms with Crippen LogP contribution in [-0.4, -0.2) is 32.5 Å². The number of sulfonamides is 1. The number of thiophene rings is 1. The van der Waals surface area contributed by atoms with Crippen molar-refractivity contribution < 1.29 is 18.0 Å². The first-order valence-corrected chi connectivity index (χ1v) is 11.6. The van der Waals surface area contributed by atoms with Gasteiger partial charge >= 0.3 is 0 Å². The molecule has 0 spiro atoms. The van der Waals surface area contributed by atoms with E-state index in [0.717, 1.165) is 22.4 Å². The van der Waals surface area contributed by atoms with Crippen molar-refractivity contribution in [2.45, 2.75) is 39.7 Å². The van der Waals surface area contributed by atoms with Crippen LogP contribution in [0.15, 0.2) is 24.3 Å². The number of aryl methyl sites for hydroxylation is 2. The van der Waals surface area contributed by atoms with Crippen molar-refractivity contribution in [1.82, 2.24) is 10.9 Å². The Labute approximate surface area is 168 Å². The maximum absolute atomic E-state index is 12.4. The van der Waals surface area contributed by atoms with Gasteiger partial charge in [-0.2, -0.15) is 0 Å². The van der Waals surface area contributed by atoms with E-state index in [1.165, 1.54) is 21.9 Å². The molecule has 3 rings (SSSR count). The van der Waals surface area contributed by atoms with Crippen molar-refractivity contribution in [3.05, 3.63) is 50.7 Å². The van der Waals surface area contributed by atoms with E-state index in [9.17, 15) is 18.0 Å². The zero-order valence-electron chi connectivity index (χ0n) is 16.2. The van der Waals surface area contributed by atoms with Gasteiger partial charge in [0.15, 0.2) is 0 Å². The van der Waals surface area contributed by atoms with Crippen molar-refractivity contribution in [1.29, 1.82) is 0 Å². The van der Waals surface area contributed by atoms with Crippen LogP contribution in [0.4, 0.5) is 5.69 Å². The fourth-order valence-electron chi connectivity index (χ4n) is 3.48. The number of nitrogens with zero attached hydrogens (tertiary/aromatic N) is 1. The van der Waals surface area contributed by atoms with Gasteiger partial charge in [-0.05, 0) is 62.1 Å². The van der Waals surface area contributed by atoms with E-state index in [0.29, 0.717) is 22.5 Å². The molecule has 9 heteroatoms. The standard InChI is InChI=1S/C19H23N3O4S2/c1-5-16-11(2)8-17(27-16)19(24)21-20-18(23)13-6-7-15-14(10-13)9-12(3)22(15)28(4,25)26/h6-8,10,12H,5,9H2,1-4H3,(H,20,23)(H,21,24)/t12-/m1/s1. The first-order valence-electron chi connectivity index (χ1n) is 8.94. The summed E-state index contributed by atoms with van der Waals surface area (Å²) in [6.07, 6.45) is 2.56. The van der Waals surface area contributed by atoms with Gasteiger partial charge in [0.25, 0.3) is 11.8 Å². The second-order valence-electron chi connectivity index (χ2n) is 6.93. The van der Waals surface area contributed by atoms with Gasteiger partial charge in [-0.1, -0.05) is 6.92 Å². The summed E-state index contributed by atoms with van der Waals surface area (Å²) in [6, 6.07) is 6.47. The Morgan fingerprint density at radius 1 is 1.21 bits per heavy atom. The zero-order chi connectivity index (χ0) is 20.6. The van der Waals surface area contributed by atoms with Crippen LogP contribution in [0.25, 0.3) is 0 Å². The summed E-state index contributed by atoms with van der Waals surface area (Å²) in [5.41, 5.74) is 7.67. The Morgan fingerprint density at radius 2 is 1.89 bits per heavy atom. The molecule has 2 heterocycles. The Kier molecular flexibility index (Phi) is 5.49. The summed E-state index contributed by atoms with van der Waals surface area (Å²) in [6.45, 7) is 5.81. The smallest absolute Gasteiger partial charge is 0.267 e. The van der Waals surface area contributed by atoms with E-state index in [4.69, 9.17) is 0 Å². The lowest BCUT2D eigenvalue weighted by Crippen LogP contribution is -2.41. The molecular weight excluding hydrogens is 398 g/mol. The third-order valence-electron chi connectivity index (χ3n) is 4.71.